The lowest BCUT2D eigenvalue weighted by molar-refractivity contribution is 0.349. The average Bonchev–Trinajstić information content (AvgIpc) is 2.41. The van der Waals surface area contributed by atoms with E-state index in [0.29, 0.717) is 6.61 Å². The summed E-state index contributed by atoms with van der Waals surface area (Å²) in [6.45, 7) is -0.759. The van der Waals surface area contributed by atoms with E-state index < -0.39 is 6.72 Å². The Bertz CT molecular complexity index is 502. The largest absolute Gasteiger partial charge is 0.355 e. The molecule has 2 rings (SSSR count). The van der Waals surface area contributed by atoms with E-state index >= 15 is 0 Å². The van der Waals surface area contributed by atoms with Crippen LogP contribution in [0.1, 0.15) is 6.92 Å². The number of para-hydroxylation sites is 1. The monoisotopic (exact) mass is 293 g/mol. The molecule has 100 valence electrons. The SMILES string of the molecule is CCOP(=O)(Nc1ccccc1)Sc1ccccc1. The Morgan fingerprint density at radius 3 is 2.21 bits per heavy atom. The number of rotatable bonds is 6. The first-order valence-electron chi connectivity index (χ1n) is 6.04. The van der Waals surface area contributed by atoms with Crippen LogP contribution in [0.4, 0.5) is 5.69 Å². The summed E-state index contributed by atoms with van der Waals surface area (Å²) in [5.74, 6) is 0. The van der Waals surface area contributed by atoms with Gasteiger partial charge in [-0.1, -0.05) is 36.4 Å². The summed E-state index contributed by atoms with van der Waals surface area (Å²) in [6, 6.07) is 19.1. The van der Waals surface area contributed by atoms with Crippen LogP contribution in [0, 0.1) is 0 Å². The van der Waals surface area contributed by atoms with Gasteiger partial charge in [0.05, 0.1) is 6.61 Å². The molecule has 0 aliphatic heterocycles. The highest BCUT2D eigenvalue weighted by Crippen LogP contribution is 2.61. The van der Waals surface area contributed by atoms with Crippen LogP contribution in [0.15, 0.2) is 65.6 Å². The van der Waals surface area contributed by atoms with E-state index in [4.69, 9.17) is 4.52 Å². The first-order valence-corrected chi connectivity index (χ1v) is 9.09. The summed E-state index contributed by atoms with van der Waals surface area (Å²) in [4.78, 5) is 0.919. The molecule has 19 heavy (non-hydrogen) atoms. The Labute approximate surface area is 117 Å². The molecule has 0 aliphatic carbocycles. The maximum absolute atomic E-state index is 12.8. The highest BCUT2D eigenvalue weighted by molar-refractivity contribution is 8.57. The molecular formula is C14H16NO2PS. The summed E-state index contributed by atoms with van der Waals surface area (Å²) in [6.07, 6.45) is 0. The summed E-state index contributed by atoms with van der Waals surface area (Å²) >= 11 is 1.23. The van der Waals surface area contributed by atoms with Gasteiger partial charge in [0.1, 0.15) is 0 Å². The second-order valence-electron chi connectivity index (χ2n) is 3.80. The number of benzene rings is 2. The molecule has 0 bridgehead atoms. The molecule has 0 saturated heterocycles. The van der Waals surface area contributed by atoms with Crippen LogP contribution < -0.4 is 5.09 Å². The van der Waals surface area contributed by atoms with Gasteiger partial charge < -0.3 is 9.61 Å². The van der Waals surface area contributed by atoms with Crippen molar-refractivity contribution in [1.82, 2.24) is 0 Å². The van der Waals surface area contributed by atoms with E-state index in [1.807, 2.05) is 67.6 Å². The van der Waals surface area contributed by atoms with Gasteiger partial charge in [-0.15, -0.1) is 0 Å². The fourth-order valence-corrected chi connectivity index (χ4v) is 5.19. The number of nitrogens with one attached hydrogen (secondary N) is 1. The Morgan fingerprint density at radius 1 is 1.05 bits per heavy atom. The molecule has 1 N–H and O–H groups in total. The summed E-state index contributed by atoms with van der Waals surface area (Å²) < 4.78 is 18.2. The number of anilines is 1. The van der Waals surface area contributed by atoms with Crippen molar-refractivity contribution in [3.63, 3.8) is 0 Å². The first kappa shape index (κ1) is 14.2. The molecule has 5 heteroatoms. The average molecular weight is 293 g/mol. The smallest absolute Gasteiger partial charge is 0.307 e. The van der Waals surface area contributed by atoms with Crippen LogP contribution in [-0.4, -0.2) is 6.61 Å². The van der Waals surface area contributed by atoms with Crippen LogP contribution in [0.3, 0.4) is 0 Å². The molecule has 1 atom stereocenters. The van der Waals surface area contributed by atoms with Crippen molar-refractivity contribution in [3.05, 3.63) is 60.7 Å². The third-order valence-corrected chi connectivity index (χ3v) is 6.10. The van der Waals surface area contributed by atoms with Crippen molar-refractivity contribution in [3.8, 4) is 0 Å². The van der Waals surface area contributed by atoms with Crippen LogP contribution in [-0.2, 0) is 9.09 Å². The summed E-state index contributed by atoms with van der Waals surface area (Å²) in [5.41, 5.74) is 0.794. The van der Waals surface area contributed by atoms with Crippen LogP contribution in [0.5, 0.6) is 0 Å². The molecule has 3 nitrogen and oxygen atoms in total. The van der Waals surface area contributed by atoms with Gasteiger partial charge >= 0.3 is 6.72 Å². The Balaban J connectivity index is 2.16. The molecule has 0 saturated carbocycles. The van der Waals surface area contributed by atoms with Crippen molar-refractivity contribution < 1.29 is 9.09 Å². The molecular weight excluding hydrogens is 277 g/mol. The first-order chi connectivity index (χ1) is 9.22. The minimum atomic E-state index is -3.00. The Hall–Kier alpha value is -1.22. The maximum Gasteiger partial charge on any atom is 0.355 e. The van der Waals surface area contributed by atoms with Gasteiger partial charge in [-0.25, -0.2) is 0 Å². The highest BCUT2D eigenvalue weighted by atomic mass is 32.7. The molecule has 0 radical (unpaired) electrons. The lowest BCUT2D eigenvalue weighted by Gasteiger charge is -2.18. The molecule has 0 fully saturated rings. The van der Waals surface area contributed by atoms with E-state index in [1.165, 1.54) is 11.4 Å². The Kier molecular flexibility index (Phi) is 5.08. The molecule has 0 heterocycles. The molecule has 0 amide bonds. The quantitative estimate of drug-likeness (QED) is 0.758. The fourth-order valence-electron chi connectivity index (χ4n) is 1.54. The van der Waals surface area contributed by atoms with Crippen LogP contribution >= 0.6 is 18.1 Å². The zero-order valence-electron chi connectivity index (χ0n) is 10.7. The Morgan fingerprint density at radius 2 is 1.63 bits per heavy atom. The van der Waals surface area contributed by atoms with Gasteiger partial charge in [-0.3, -0.25) is 4.57 Å². The highest BCUT2D eigenvalue weighted by Gasteiger charge is 2.24. The van der Waals surface area contributed by atoms with Gasteiger partial charge in [0.25, 0.3) is 0 Å². The molecule has 0 aliphatic rings. The van der Waals surface area contributed by atoms with E-state index in [2.05, 4.69) is 5.09 Å². The fraction of sp³-hybridized carbons (Fsp3) is 0.143. The zero-order chi connectivity index (χ0) is 13.6. The van der Waals surface area contributed by atoms with Gasteiger partial charge in [0.15, 0.2) is 0 Å². The van der Waals surface area contributed by atoms with Gasteiger partial charge in [-0.2, -0.15) is 0 Å². The number of hydrogen-bond acceptors (Lipinski definition) is 3. The summed E-state index contributed by atoms with van der Waals surface area (Å²) in [5, 5.41) is 3.00. The van der Waals surface area contributed by atoms with E-state index in [0.717, 1.165) is 10.6 Å². The third-order valence-electron chi connectivity index (χ3n) is 2.31. The second-order valence-corrected chi connectivity index (χ2v) is 7.92. The lowest BCUT2D eigenvalue weighted by Crippen LogP contribution is -1.98. The normalized spacial score (nSPS) is 13.7. The van der Waals surface area contributed by atoms with Crippen LogP contribution in [0.2, 0.25) is 0 Å². The van der Waals surface area contributed by atoms with Gasteiger partial charge in [0, 0.05) is 10.6 Å². The predicted molar refractivity (Wildman–Crippen MR) is 81.6 cm³/mol. The van der Waals surface area contributed by atoms with Crippen molar-refractivity contribution in [2.75, 3.05) is 11.7 Å². The summed E-state index contributed by atoms with van der Waals surface area (Å²) in [7, 11) is 0. The molecule has 0 aromatic heterocycles. The van der Waals surface area contributed by atoms with Crippen molar-refractivity contribution in [1.29, 1.82) is 0 Å². The van der Waals surface area contributed by atoms with Gasteiger partial charge in [-0.05, 0) is 42.6 Å². The van der Waals surface area contributed by atoms with E-state index in [1.54, 1.807) is 0 Å². The van der Waals surface area contributed by atoms with Crippen molar-refractivity contribution >= 4 is 23.8 Å². The second kappa shape index (κ2) is 6.80. The van der Waals surface area contributed by atoms with Crippen LogP contribution in [0.25, 0.3) is 0 Å². The third kappa shape index (κ3) is 4.43. The molecule has 2 aromatic carbocycles. The minimum absolute atomic E-state index is 0.400. The van der Waals surface area contributed by atoms with Gasteiger partial charge in [0.2, 0.25) is 0 Å². The van der Waals surface area contributed by atoms with E-state index in [-0.39, 0.29) is 0 Å². The standard InChI is InChI=1S/C14H16NO2PS/c1-2-17-18(16,15-13-9-5-3-6-10-13)19-14-11-7-4-8-12-14/h3-12H,2H2,1H3,(H,15,16). The van der Waals surface area contributed by atoms with Crippen molar-refractivity contribution in [2.24, 2.45) is 0 Å². The maximum atomic E-state index is 12.8. The molecule has 2 aromatic rings. The predicted octanol–water partition coefficient (Wildman–Crippen LogP) is 5.04. The molecule has 1 unspecified atom stereocenters. The lowest BCUT2D eigenvalue weighted by atomic mass is 10.3. The molecule has 0 spiro atoms. The minimum Gasteiger partial charge on any atom is -0.307 e. The van der Waals surface area contributed by atoms with E-state index in [9.17, 15) is 4.57 Å². The topological polar surface area (TPSA) is 38.3 Å². The number of hydrogen-bond donors (Lipinski definition) is 1. The van der Waals surface area contributed by atoms with Crippen molar-refractivity contribution in [2.45, 2.75) is 11.8 Å². The zero-order valence-corrected chi connectivity index (χ0v) is 12.4.